The first kappa shape index (κ1) is 15.3. The first-order valence-corrected chi connectivity index (χ1v) is 7.57. The van der Waals surface area contributed by atoms with Crippen molar-refractivity contribution < 1.29 is 9.59 Å². The highest BCUT2D eigenvalue weighted by molar-refractivity contribution is 6.31. The fourth-order valence-electron chi connectivity index (χ4n) is 2.44. The molecule has 0 aromatic heterocycles. The molecule has 1 heterocycles. The van der Waals surface area contributed by atoms with E-state index < -0.39 is 6.03 Å². The van der Waals surface area contributed by atoms with E-state index in [2.05, 4.69) is 5.32 Å². The van der Waals surface area contributed by atoms with E-state index in [9.17, 15) is 9.59 Å². The van der Waals surface area contributed by atoms with E-state index in [4.69, 9.17) is 11.6 Å². The minimum Gasteiger partial charge on any atom is -0.303 e. The molecule has 1 fully saturated rings. The Morgan fingerprint density at radius 1 is 1.13 bits per heavy atom. The van der Waals surface area contributed by atoms with Gasteiger partial charge in [0.2, 0.25) is 0 Å². The molecule has 0 unspecified atom stereocenters. The number of nitrogens with one attached hydrogen (secondary N) is 1. The Hall–Kier alpha value is -2.59. The van der Waals surface area contributed by atoms with Gasteiger partial charge in [-0.2, -0.15) is 0 Å². The number of urea groups is 1. The van der Waals surface area contributed by atoms with Crippen LogP contribution in [0.1, 0.15) is 16.7 Å². The number of nitrogens with zero attached hydrogens (tertiary/aromatic N) is 1. The maximum absolute atomic E-state index is 12.5. The van der Waals surface area contributed by atoms with Crippen LogP contribution < -0.4 is 5.32 Å². The summed E-state index contributed by atoms with van der Waals surface area (Å²) in [7, 11) is 0. The Bertz CT molecular complexity index is 814. The monoisotopic (exact) mass is 326 g/mol. The molecule has 3 rings (SSSR count). The van der Waals surface area contributed by atoms with Crippen LogP contribution in [0.25, 0.3) is 6.08 Å². The molecule has 23 heavy (non-hydrogen) atoms. The predicted molar refractivity (Wildman–Crippen MR) is 89.7 cm³/mol. The molecular weight excluding hydrogens is 312 g/mol. The van der Waals surface area contributed by atoms with Gasteiger partial charge in [0.05, 0.1) is 6.54 Å². The zero-order valence-corrected chi connectivity index (χ0v) is 13.3. The van der Waals surface area contributed by atoms with E-state index in [0.717, 1.165) is 21.6 Å². The van der Waals surface area contributed by atoms with Crippen LogP contribution >= 0.6 is 11.6 Å². The average Bonchev–Trinajstić information content (AvgIpc) is 2.77. The number of amides is 3. The van der Waals surface area contributed by atoms with E-state index >= 15 is 0 Å². The van der Waals surface area contributed by atoms with Crippen LogP contribution in [0, 0.1) is 6.92 Å². The largest absolute Gasteiger partial charge is 0.329 e. The van der Waals surface area contributed by atoms with E-state index in [0.29, 0.717) is 5.02 Å². The molecule has 0 bridgehead atoms. The number of hydrogen-bond donors (Lipinski definition) is 1. The van der Waals surface area contributed by atoms with Gasteiger partial charge >= 0.3 is 6.03 Å². The maximum Gasteiger partial charge on any atom is 0.329 e. The SMILES string of the molecule is Cc1cccc(C=C2NC(=O)N(Cc3ccccc3Cl)C2=O)c1. The van der Waals surface area contributed by atoms with Crippen molar-refractivity contribution >= 4 is 29.6 Å². The molecule has 0 aliphatic carbocycles. The number of carbonyl (C=O) groups is 2. The Labute approximate surface area is 139 Å². The van der Waals surface area contributed by atoms with Crippen molar-refractivity contribution in [2.24, 2.45) is 0 Å². The van der Waals surface area contributed by atoms with Crippen molar-refractivity contribution in [3.63, 3.8) is 0 Å². The van der Waals surface area contributed by atoms with Gasteiger partial charge < -0.3 is 5.32 Å². The minimum absolute atomic E-state index is 0.148. The number of rotatable bonds is 3. The van der Waals surface area contributed by atoms with Crippen molar-refractivity contribution in [3.8, 4) is 0 Å². The molecule has 0 saturated carbocycles. The second kappa shape index (κ2) is 6.26. The Kier molecular flexibility index (Phi) is 4.17. The third-order valence-electron chi connectivity index (χ3n) is 3.60. The van der Waals surface area contributed by atoms with Crippen LogP contribution in [0.15, 0.2) is 54.2 Å². The van der Waals surface area contributed by atoms with E-state index in [1.807, 2.05) is 37.3 Å². The first-order valence-electron chi connectivity index (χ1n) is 7.19. The standard InChI is InChI=1S/C18H15ClN2O2/c1-12-5-4-6-13(9-12)10-16-17(22)21(18(23)20-16)11-14-7-2-3-8-15(14)19/h2-10H,11H2,1H3,(H,20,23). The number of benzene rings is 2. The number of halogens is 1. The predicted octanol–water partition coefficient (Wildman–Crippen LogP) is 3.74. The van der Waals surface area contributed by atoms with Crippen LogP contribution in [-0.2, 0) is 11.3 Å². The second-order valence-corrected chi connectivity index (χ2v) is 5.79. The van der Waals surface area contributed by atoms with Gasteiger partial charge in [0.1, 0.15) is 5.70 Å². The van der Waals surface area contributed by atoms with Gasteiger partial charge in [0.25, 0.3) is 5.91 Å². The first-order chi connectivity index (χ1) is 11.0. The molecule has 0 spiro atoms. The molecule has 1 N–H and O–H groups in total. The lowest BCUT2D eigenvalue weighted by molar-refractivity contribution is -0.123. The molecule has 4 nitrogen and oxygen atoms in total. The van der Waals surface area contributed by atoms with Crippen molar-refractivity contribution in [2.45, 2.75) is 13.5 Å². The van der Waals surface area contributed by atoms with Crippen LogP contribution in [0.5, 0.6) is 0 Å². The average molecular weight is 327 g/mol. The summed E-state index contributed by atoms with van der Waals surface area (Å²) in [6.45, 7) is 2.12. The normalized spacial score (nSPS) is 16.1. The zero-order valence-electron chi connectivity index (χ0n) is 12.5. The van der Waals surface area contributed by atoms with Crippen LogP contribution in [-0.4, -0.2) is 16.8 Å². The molecule has 1 aliphatic heterocycles. The zero-order chi connectivity index (χ0) is 16.4. The van der Waals surface area contributed by atoms with Gasteiger partial charge in [-0.25, -0.2) is 4.79 Å². The van der Waals surface area contributed by atoms with Gasteiger partial charge in [-0.15, -0.1) is 0 Å². The number of imide groups is 1. The van der Waals surface area contributed by atoms with Crippen LogP contribution in [0.4, 0.5) is 4.79 Å². The van der Waals surface area contributed by atoms with Gasteiger partial charge in [-0.05, 0) is 30.2 Å². The Morgan fingerprint density at radius 2 is 1.91 bits per heavy atom. The molecule has 116 valence electrons. The third kappa shape index (κ3) is 3.27. The number of carbonyl (C=O) groups excluding carboxylic acids is 2. The molecule has 3 amide bonds. The summed E-state index contributed by atoms with van der Waals surface area (Å²) in [6, 6.07) is 14.4. The lowest BCUT2D eigenvalue weighted by atomic mass is 10.1. The quantitative estimate of drug-likeness (QED) is 0.690. The topological polar surface area (TPSA) is 49.4 Å². The number of aryl methyl sites for hydroxylation is 1. The number of hydrogen-bond acceptors (Lipinski definition) is 2. The molecule has 5 heteroatoms. The van der Waals surface area contributed by atoms with Gasteiger partial charge in [-0.3, -0.25) is 9.69 Å². The van der Waals surface area contributed by atoms with E-state index in [1.165, 1.54) is 0 Å². The summed E-state index contributed by atoms with van der Waals surface area (Å²) in [5.74, 6) is -0.351. The second-order valence-electron chi connectivity index (χ2n) is 5.39. The summed E-state index contributed by atoms with van der Waals surface area (Å²) in [4.78, 5) is 25.7. The highest BCUT2D eigenvalue weighted by atomic mass is 35.5. The van der Waals surface area contributed by atoms with Crippen molar-refractivity contribution in [2.75, 3.05) is 0 Å². The maximum atomic E-state index is 12.5. The lowest BCUT2D eigenvalue weighted by Gasteiger charge is -2.12. The molecule has 0 atom stereocenters. The van der Waals surface area contributed by atoms with Gasteiger partial charge in [-0.1, -0.05) is 59.6 Å². The Balaban J connectivity index is 1.84. The van der Waals surface area contributed by atoms with Crippen LogP contribution in [0.3, 0.4) is 0 Å². The van der Waals surface area contributed by atoms with Crippen molar-refractivity contribution in [3.05, 3.63) is 75.9 Å². The summed E-state index contributed by atoms with van der Waals surface area (Å²) >= 11 is 6.10. The highest BCUT2D eigenvalue weighted by Crippen LogP contribution is 2.21. The van der Waals surface area contributed by atoms with E-state index in [-0.39, 0.29) is 18.1 Å². The minimum atomic E-state index is -0.436. The fourth-order valence-corrected chi connectivity index (χ4v) is 2.63. The summed E-state index contributed by atoms with van der Waals surface area (Å²) in [5, 5.41) is 3.15. The van der Waals surface area contributed by atoms with Crippen molar-refractivity contribution in [1.82, 2.24) is 10.2 Å². The summed E-state index contributed by atoms with van der Waals surface area (Å²) in [5.41, 5.74) is 2.96. The molecule has 1 aliphatic rings. The third-order valence-corrected chi connectivity index (χ3v) is 3.97. The van der Waals surface area contributed by atoms with Gasteiger partial charge in [0.15, 0.2) is 0 Å². The Morgan fingerprint density at radius 3 is 2.65 bits per heavy atom. The summed E-state index contributed by atoms with van der Waals surface area (Å²) < 4.78 is 0. The molecule has 2 aromatic rings. The fraction of sp³-hybridized carbons (Fsp3) is 0.111. The highest BCUT2D eigenvalue weighted by Gasteiger charge is 2.33. The van der Waals surface area contributed by atoms with Crippen LogP contribution in [0.2, 0.25) is 5.02 Å². The molecule has 0 radical (unpaired) electrons. The van der Waals surface area contributed by atoms with Crippen molar-refractivity contribution in [1.29, 1.82) is 0 Å². The summed E-state index contributed by atoms with van der Waals surface area (Å²) in [6.07, 6.45) is 1.68. The lowest BCUT2D eigenvalue weighted by Crippen LogP contribution is -2.30. The molecule has 2 aromatic carbocycles. The van der Waals surface area contributed by atoms with E-state index in [1.54, 1.807) is 24.3 Å². The van der Waals surface area contributed by atoms with Gasteiger partial charge in [0, 0.05) is 5.02 Å². The molecular formula is C18H15ClN2O2. The molecule has 1 saturated heterocycles. The smallest absolute Gasteiger partial charge is 0.303 e.